The minimum Gasteiger partial charge on any atom is -0.309 e. The molecule has 2 atom stereocenters. The Balaban J connectivity index is 1.29. The van der Waals surface area contributed by atoms with Gasteiger partial charge in [-0.25, -0.2) is 0 Å². The van der Waals surface area contributed by atoms with Crippen LogP contribution in [-0.2, 0) is 5.41 Å². The zero-order valence-corrected chi connectivity index (χ0v) is 27.5. The van der Waals surface area contributed by atoms with Crippen LogP contribution in [0.3, 0.4) is 0 Å². The van der Waals surface area contributed by atoms with Gasteiger partial charge in [-0.1, -0.05) is 123 Å². The summed E-state index contributed by atoms with van der Waals surface area (Å²) in [4.78, 5) is 0. The minimum atomic E-state index is 0.0663. The monoisotopic (exact) mass is 621 g/mol. The highest BCUT2D eigenvalue weighted by molar-refractivity contribution is 7.26. The number of hydrogen-bond acceptors (Lipinski definition) is 1. The van der Waals surface area contributed by atoms with Crippen molar-refractivity contribution in [3.8, 4) is 16.8 Å². The summed E-state index contributed by atoms with van der Waals surface area (Å²) >= 11 is 1.92. The lowest BCUT2D eigenvalue weighted by Gasteiger charge is -2.29. The van der Waals surface area contributed by atoms with Gasteiger partial charge in [0.1, 0.15) is 0 Å². The lowest BCUT2D eigenvalue weighted by atomic mass is 9.74. The normalized spacial score (nSPS) is 19.6. The molecule has 2 heteroatoms. The van der Waals surface area contributed by atoms with Crippen LogP contribution in [0.4, 0.5) is 0 Å². The first-order valence-electron chi connectivity index (χ1n) is 16.9. The Kier molecular flexibility index (Phi) is 5.81. The van der Waals surface area contributed by atoms with E-state index in [9.17, 15) is 0 Å². The fourth-order valence-corrected chi connectivity index (χ4v) is 9.98. The maximum absolute atomic E-state index is 2.53. The minimum absolute atomic E-state index is 0.0663. The van der Waals surface area contributed by atoms with Gasteiger partial charge in [0.15, 0.2) is 0 Å². The summed E-state index contributed by atoms with van der Waals surface area (Å²) < 4.78 is 5.21. The molecule has 0 N–H and O–H groups in total. The molecular formula is C45H35NS. The van der Waals surface area contributed by atoms with E-state index in [4.69, 9.17) is 0 Å². The third kappa shape index (κ3) is 3.88. The average Bonchev–Trinajstić information content (AvgIpc) is 3.74. The van der Waals surface area contributed by atoms with Gasteiger partial charge in [0.05, 0.1) is 11.0 Å². The third-order valence-electron chi connectivity index (χ3n) is 11.1. The van der Waals surface area contributed by atoms with Gasteiger partial charge in [-0.15, -0.1) is 11.3 Å². The molecule has 0 radical (unpaired) electrons. The predicted molar refractivity (Wildman–Crippen MR) is 203 cm³/mol. The molecule has 2 aromatic heterocycles. The molecule has 0 aliphatic heterocycles. The van der Waals surface area contributed by atoms with Crippen molar-refractivity contribution < 1.29 is 0 Å². The summed E-state index contributed by atoms with van der Waals surface area (Å²) in [5.74, 6) is 0.946. The van der Waals surface area contributed by atoms with Crippen LogP contribution in [0.15, 0.2) is 140 Å². The van der Waals surface area contributed by atoms with E-state index in [2.05, 4.69) is 158 Å². The molecule has 0 spiro atoms. The Morgan fingerprint density at radius 2 is 1.51 bits per heavy atom. The molecule has 0 saturated carbocycles. The lowest BCUT2D eigenvalue weighted by Crippen LogP contribution is -2.24. The molecule has 226 valence electrons. The largest absolute Gasteiger partial charge is 0.309 e. The van der Waals surface area contributed by atoms with E-state index in [-0.39, 0.29) is 5.41 Å². The Bertz CT molecular complexity index is 2540. The van der Waals surface area contributed by atoms with E-state index in [1.54, 1.807) is 0 Å². The molecule has 3 aliphatic carbocycles. The first-order chi connectivity index (χ1) is 23.1. The van der Waals surface area contributed by atoms with Gasteiger partial charge in [0, 0.05) is 42.6 Å². The Morgan fingerprint density at radius 3 is 2.36 bits per heavy atom. The molecule has 2 unspecified atom stereocenters. The number of thiophene rings is 1. The first-order valence-corrected chi connectivity index (χ1v) is 17.7. The average molecular weight is 622 g/mol. The number of fused-ring (bicyclic) bond motifs is 10. The molecule has 47 heavy (non-hydrogen) atoms. The van der Waals surface area contributed by atoms with Crippen LogP contribution in [0.5, 0.6) is 0 Å². The molecule has 0 amide bonds. The number of rotatable bonds is 3. The van der Waals surface area contributed by atoms with Gasteiger partial charge in [-0.3, -0.25) is 0 Å². The van der Waals surface area contributed by atoms with Crippen LogP contribution < -0.4 is 0 Å². The van der Waals surface area contributed by atoms with E-state index in [1.165, 1.54) is 81.1 Å². The molecule has 5 aromatic carbocycles. The highest BCUT2D eigenvalue weighted by Crippen LogP contribution is 2.54. The van der Waals surface area contributed by atoms with Crippen LogP contribution in [-0.4, -0.2) is 4.57 Å². The van der Waals surface area contributed by atoms with Crippen LogP contribution in [0.25, 0.3) is 64.4 Å². The van der Waals surface area contributed by atoms with Crippen LogP contribution >= 0.6 is 11.3 Å². The summed E-state index contributed by atoms with van der Waals surface area (Å²) in [6.45, 7) is 4.87. The second-order valence-electron chi connectivity index (χ2n) is 14.0. The Hall–Kier alpha value is -4.92. The molecular weight excluding hydrogens is 587 g/mol. The van der Waals surface area contributed by atoms with Crippen LogP contribution in [0, 0.1) is 5.92 Å². The highest BCUT2D eigenvalue weighted by atomic mass is 32.1. The van der Waals surface area contributed by atoms with Crippen molar-refractivity contribution in [2.24, 2.45) is 5.92 Å². The second kappa shape index (κ2) is 10.0. The van der Waals surface area contributed by atoms with E-state index in [0.29, 0.717) is 11.8 Å². The van der Waals surface area contributed by atoms with Gasteiger partial charge < -0.3 is 4.57 Å². The van der Waals surface area contributed by atoms with Gasteiger partial charge in [0.25, 0.3) is 0 Å². The van der Waals surface area contributed by atoms with E-state index in [0.717, 1.165) is 12.8 Å². The summed E-state index contributed by atoms with van der Waals surface area (Å²) in [7, 11) is 0. The van der Waals surface area contributed by atoms with Crippen molar-refractivity contribution in [2.45, 2.75) is 38.0 Å². The number of allylic oxidation sites excluding steroid dienone is 8. The maximum atomic E-state index is 2.53. The second-order valence-corrected chi connectivity index (χ2v) is 15.1. The zero-order chi connectivity index (χ0) is 31.3. The molecule has 2 heterocycles. The topological polar surface area (TPSA) is 4.93 Å². The van der Waals surface area contributed by atoms with Crippen molar-refractivity contribution in [1.29, 1.82) is 0 Å². The first kappa shape index (κ1) is 27.2. The van der Waals surface area contributed by atoms with Gasteiger partial charge in [-0.2, -0.15) is 0 Å². The van der Waals surface area contributed by atoms with Gasteiger partial charge in [-0.05, 0) is 87.9 Å². The summed E-state index contributed by atoms with van der Waals surface area (Å²) in [6, 6.07) is 37.0. The van der Waals surface area contributed by atoms with Crippen molar-refractivity contribution in [1.82, 2.24) is 4.57 Å². The number of aromatic nitrogens is 1. The van der Waals surface area contributed by atoms with E-state index >= 15 is 0 Å². The van der Waals surface area contributed by atoms with Crippen LogP contribution in [0.1, 0.15) is 49.3 Å². The number of hydrogen-bond donors (Lipinski definition) is 0. The molecule has 1 nitrogen and oxygen atoms in total. The SMILES string of the molecule is CC1(C)c2cc(-c3cc4sc5ccccc5c4c4c3c3ccccc3n4-c3ccc(C4=CCCC=C4)cc3)ccc2C2C=CC=CC21. The van der Waals surface area contributed by atoms with Gasteiger partial charge in [0.2, 0.25) is 0 Å². The summed E-state index contributed by atoms with van der Waals surface area (Å²) in [5.41, 5.74) is 12.0. The standard InChI is InChI=1S/C45H35NS/c1-45(2)37-17-9-6-14-32(37)33-25-22-30(26-38(33)45)36-27-41-43(35-16-8-11-19-40(35)47-41)44-42(36)34-15-7-10-18-39(34)46(44)31-23-20-29(21-24-31)28-12-4-3-5-13-28/h4,6-27,32,37H,3,5H2,1-2H3. The molecule has 7 aromatic rings. The van der Waals surface area contributed by atoms with Crippen molar-refractivity contribution in [3.63, 3.8) is 0 Å². The zero-order valence-electron chi connectivity index (χ0n) is 26.7. The number of para-hydroxylation sites is 1. The van der Waals surface area contributed by atoms with E-state index in [1.807, 2.05) is 11.3 Å². The fraction of sp³-hybridized carbons (Fsp3) is 0.156. The van der Waals surface area contributed by atoms with E-state index < -0.39 is 0 Å². The van der Waals surface area contributed by atoms with Gasteiger partial charge >= 0.3 is 0 Å². The Labute approximate surface area is 279 Å². The van der Waals surface area contributed by atoms with Crippen molar-refractivity contribution in [3.05, 3.63) is 156 Å². The predicted octanol–water partition coefficient (Wildman–Crippen LogP) is 12.7. The molecule has 0 fully saturated rings. The van der Waals surface area contributed by atoms with Crippen LogP contribution in [0.2, 0.25) is 0 Å². The molecule has 0 saturated heterocycles. The smallest absolute Gasteiger partial charge is 0.0640 e. The molecule has 3 aliphatic rings. The highest BCUT2D eigenvalue weighted by Gasteiger charge is 2.44. The fourth-order valence-electron chi connectivity index (χ4n) is 8.83. The lowest BCUT2D eigenvalue weighted by molar-refractivity contribution is 0.394. The number of nitrogens with zero attached hydrogens (tertiary/aromatic N) is 1. The quantitative estimate of drug-likeness (QED) is 0.185. The summed E-state index contributed by atoms with van der Waals surface area (Å²) in [6.07, 6.45) is 18.5. The Morgan fingerprint density at radius 1 is 0.723 bits per heavy atom. The third-order valence-corrected chi connectivity index (χ3v) is 12.2. The van der Waals surface area contributed by atoms with Crippen molar-refractivity contribution in [2.75, 3.05) is 0 Å². The summed E-state index contributed by atoms with van der Waals surface area (Å²) in [5, 5.41) is 5.33. The van der Waals surface area contributed by atoms with Crippen molar-refractivity contribution >= 4 is 58.9 Å². The molecule has 10 rings (SSSR count). The number of benzene rings is 5. The maximum Gasteiger partial charge on any atom is 0.0640 e. The molecule has 0 bridgehead atoms.